The van der Waals surface area contributed by atoms with Gasteiger partial charge in [0.15, 0.2) is 30.1 Å². The number of rotatable bonds is 13. The summed E-state index contributed by atoms with van der Waals surface area (Å²) in [5, 5.41) is 22.2. The predicted molar refractivity (Wildman–Crippen MR) is 171 cm³/mol. The molecular formula is C38H37FN2O5. The van der Waals surface area contributed by atoms with Crippen LogP contribution in [0.4, 0.5) is 4.39 Å². The van der Waals surface area contributed by atoms with Gasteiger partial charge in [0.05, 0.1) is 11.6 Å². The molecule has 46 heavy (non-hydrogen) atoms. The summed E-state index contributed by atoms with van der Waals surface area (Å²) >= 11 is 0. The van der Waals surface area contributed by atoms with Gasteiger partial charge in [0, 0.05) is 18.4 Å². The van der Waals surface area contributed by atoms with Crippen LogP contribution < -0.4 is 0 Å². The number of hydrogen-bond acceptors (Lipinski definition) is 7. The Bertz CT molecular complexity index is 1630. The second-order valence-corrected chi connectivity index (χ2v) is 11.9. The number of nitrogens with zero attached hydrogens (tertiary/aromatic N) is 2. The maximum atomic E-state index is 13.9. The Balaban J connectivity index is 1.50. The first kappa shape index (κ1) is 32.9. The summed E-state index contributed by atoms with van der Waals surface area (Å²) in [5.41, 5.74) is 1.46. The largest absolute Gasteiger partial charge is 0.380 e. The average molecular weight is 621 g/mol. The van der Waals surface area contributed by atoms with Crippen LogP contribution in [-0.2, 0) is 37.5 Å². The summed E-state index contributed by atoms with van der Waals surface area (Å²) in [7, 11) is 3.88. The van der Waals surface area contributed by atoms with Gasteiger partial charge in [0.2, 0.25) is 0 Å². The maximum Gasteiger partial charge on any atom is 0.187 e. The van der Waals surface area contributed by atoms with Crippen LogP contribution >= 0.6 is 0 Å². The van der Waals surface area contributed by atoms with E-state index in [-0.39, 0.29) is 30.0 Å². The minimum Gasteiger partial charge on any atom is -0.380 e. The van der Waals surface area contributed by atoms with Gasteiger partial charge in [-0.3, -0.25) is 9.59 Å². The molecule has 3 atom stereocenters. The molecule has 8 heteroatoms. The molecule has 1 saturated heterocycles. The number of benzene rings is 4. The van der Waals surface area contributed by atoms with Gasteiger partial charge in [-0.15, -0.1) is 0 Å². The molecule has 0 aliphatic carbocycles. The number of aliphatic hydroxyl groups is 1. The van der Waals surface area contributed by atoms with Gasteiger partial charge < -0.3 is 19.5 Å². The van der Waals surface area contributed by atoms with E-state index in [4.69, 9.17) is 9.47 Å². The molecule has 4 aromatic rings. The zero-order valence-corrected chi connectivity index (χ0v) is 25.9. The number of nitriles is 1. The Labute approximate surface area is 268 Å². The molecule has 1 N–H and O–H groups in total. The molecule has 5 rings (SSSR count). The van der Waals surface area contributed by atoms with Crippen molar-refractivity contribution in [3.8, 4) is 6.07 Å². The van der Waals surface area contributed by atoms with Crippen LogP contribution in [-0.4, -0.2) is 54.4 Å². The van der Waals surface area contributed by atoms with Crippen LogP contribution in [0, 0.1) is 17.1 Å². The van der Waals surface area contributed by atoms with Crippen molar-refractivity contribution in [1.29, 1.82) is 5.26 Å². The number of Topliss-reactive ketones (excluding diaryl/α,β-unsaturated/α-hetero) is 2. The lowest BCUT2D eigenvalue weighted by Crippen LogP contribution is -2.39. The average Bonchev–Trinajstić information content (AvgIpc) is 3.51. The summed E-state index contributed by atoms with van der Waals surface area (Å²) in [5.74, 6) is -1.06. The van der Waals surface area contributed by atoms with Gasteiger partial charge in [0.25, 0.3) is 0 Å². The molecule has 1 fully saturated rings. The van der Waals surface area contributed by atoms with Gasteiger partial charge in [-0.05, 0) is 80.0 Å². The molecule has 1 aliphatic heterocycles. The first-order valence-corrected chi connectivity index (χ1v) is 15.3. The number of ether oxygens (including phenoxy) is 2. The molecule has 0 radical (unpaired) electrons. The van der Waals surface area contributed by atoms with E-state index in [0.717, 1.165) is 11.1 Å². The highest BCUT2D eigenvalue weighted by molar-refractivity contribution is 5.95. The molecule has 0 saturated carbocycles. The van der Waals surface area contributed by atoms with Crippen molar-refractivity contribution in [1.82, 2.24) is 4.90 Å². The van der Waals surface area contributed by atoms with Crippen LogP contribution in [0.3, 0.4) is 0 Å². The molecule has 0 spiro atoms. The van der Waals surface area contributed by atoms with E-state index in [1.54, 1.807) is 30.3 Å². The summed E-state index contributed by atoms with van der Waals surface area (Å²) in [6.07, 6.45) is -2.61. The van der Waals surface area contributed by atoms with E-state index in [1.165, 1.54) is 12.1 Å². The molecule has 1 aliphatic rings. The smallest absolute Gasteiger partial charge is 0.187 e. The second-order valence-electron chi connectivity index (χ2n) is 11.9. The lowest BCUT2D eigenvalue weighted by molar-refractivity contribution is -0.134. The first-order chi connectivity index (χ1) is 22.2. The third kappa shape index (κ3) is 7.64. The highest BCUT2D eigenvalue weighted by Gasteiger charge is 2.46. The monoisotopic (exact) mass is 620 g/mol. The van der Waals surface area contributed by atoms with Gasteiger partial charge in [0.1, 0.15) is 11.4 Å². The van der Waals surface area contributed by atoms with Gasteiger partial charge in [-0.25, -0.2) is 4.39 Å². The van der Waals surface area contributed by atoms with Crippen molar-refractivity contribution in [2.45, 2.75) is 49.8 Å². The fraction of sp³-hybridized carbons (Fsp3) is 0.289. The van der Waals surface area contributed by atoms with Crippen LogP contribution in [0.25, 0.3) is 0 Å². The number of carbonyl (C=O) groups is 2. The predicted octanol–water partition coefficient (Wildman–Crippen LogP) is 5.68. The van der Waals surface area contributed by atoms with Gasteiger partial charge in [-0.1, -0.05) is 78.9 Å². The SMILES string of the molecule is CN(C)CCCC(O)(c1ccc(F)cc1)c1ccc(C#N)c(C2O[C@@H](C(=O)Cc3ccccc3)[C@H](C(=O)Cc3ccccc3)O2)c1. The Morgan fingerprint density at radius 2 is 1.35 bits per heavy atom. The van der Waals surface area contributed by atoms with Crippen molar-refractivity contribution in [3.63, 3.8) is 0 Å². The van der Waals surface area contributed by atoms with E-state index in [0.29, 0.717) is 36.1 Å². The molecule has 1 unspecified atom stereocenters. The molecular weight excluding hydrogens is 583 g/mol. The van der Waals surface area contributed by atoms with Crippen molar-refractivity contribution in [2.24, 2.45) is 0 Å². The molecule has 0 aromatic heterocycles. The Kier molecular flexibility index (Phi) is 10.5. The first-order valence-electron chi connectivity index (χ1n) is 15.3. The van der Waals surface area contributed by atoms with Crippen molar-refractivity contribution in [3.05, 3.63) is 142 Å². The third-order valence-electron chi connectivity index (χ3n) is 8.26. The van der Waals surface area contributed by atoms with E-state index in [1.807, 2.05) is 79.7 Å². The lowest BCUT2D eigenvalue weighted by Gasteiger charge is -2.31. The minimum absolute atomic E-state index is 0.0397. The fourth-order valence-corrected chi connectivity index (χ4v) is 5.82. The quantitative estimate of drug-likeness (QED) is 0.205. The minimum atomic E-state index is -1.53. The van der Waals surface area contributed by atoms with E-state index in [2.05, 4.69) is 6.07 Å². The Morgan fingerprint density at radius 3 is 1.85 bits per heavy atom. The standard InChI is InChI=1S/C38H37FN2O5/c1-41(2)21-9-20-38(44,29-16-18-31(39)19-17-29)30-15-14-28(25-40)32(24-30)37-45-35(33(42)22-26-10-5-3-6-11-26)36(46-37)34(43)23-27-12-7-4-8-13-27/h3-8,10-19,24,35-37,44H,9,20-23H2,1-2H3/t35-,36-,38?/m0/s1. The summed E-state index contributed by atoms with van der Waals surface area (Å²) in [6.45, 7) is 0.706. The van der Waals surface area contributed by atoms with E-state index >= 15 is 0 Å². The zero-order chi connectivity index (χ0) is 32.7. The van der Waals surface area contributed by atoms with Crippen LogP contribution in [0.15, 0.2) is 103 Å². The van der Waals surface area contributed by atoms with Crippen molar-refractivity contribution >= 4 is 11.6 Å². The Morgan fingerprint density at radius 1 is 0.826 bits per heavy atom. The van der Waals surface area contributed by atoms with E-state index in [9.17, 15) is 24.3 Å². The third-order valence-corrected chi connectivity index (χ3v) is 8.26. The molecule has 0 amide bonds. The second kappa shape index (κ2) is 14.7. The van der Waals surface area contributed by atoms with Crippen LogP contribution in [0.2, 0.25) is 0 Å². The topological polar surface area (TPSA) is 99.9 Å². The highest BCUT2D eigenvalue weighted by Crippen LogP contribution is 2.40. The molecule has 0 bridgehead atoms. The highest BCUT2D eigenvalue weighted by atomic mass is 19.1. The molecule has 236 valence electrons. The van der Waals surface area contributed by atoms with Crippen LogP contribution in [0.5, 0.6) is 0 Å². The lowest BCUT2D eigenvalue weighted by atomic mass is 9.81. The number of carbonyl (C=O) groups excluding carboxylic acids is 2. The normalized spacial score (nSPS) is 17.8. The molecule has 7 nitrogen and oxygen atoms in total. The number of ketones is 2. The van der Waals surface area contributed by atoms with E-state index < -0.39 is 29.9 Å². The zero-order valence-electron chi connectivity index (χ0n) is 25.9. The Hall–Kier alpha value is -4.52. The van der Waals surface area contributed by atoms with Crippen LogP contribution in [0.1, 0.15) is 52.5 Å². The van der Waals surface area contributed by atoms with Crippen molar-refractivity contribution in [2.75, 3.05) is 20.6 Å². The number of halogens is 1. The summed E-state index contributed by atoms with van der Waals surface area (Å²) in [6, 6.07) is 31.1. The van der Waals surface area contributed by atoms with Crippen molar-refractivity contribution < 1.29 is 28.6 Å². The number of hydrogen-bond donors (Lipinski definition) is 1. The molecule has 1 heterocycles. The maximum absolute atomic E-state index is 13.9. The van der Waals surface area contributed by atoms with Gasteiger partial charge >= 0.3 is 0 Å². The molecule has 4 aromatic carbocycles. The summed E-state index contributed by atoms with van der Waals surface area (Å²) in [4.78, 5) is 29.3. The fourth-order valence-electron chi connectivity index (χ4n) is 5.82. The van der Waals surface area contributed by atoms with Gasteiger partial charge in [-0.2, -0.15) is 5.26 Å². The summed E-state index contributed by atoms with van der Waals surface area (Å²) < 4.78 is 26.3.